The minimum atomic E-state index is -1.30. The second kappa shape index (κ2) is 5.72. The van der Waals surface area contributed by atoms with Crippen LogP contribution >= 0.6 is 0 Å². The van der Waals surface area contributed by atoms with E-state index >= 15 is 0 Å². The smallest absolute Gasteiger partial charge is 0.156 e. The number of para-hydroxylation sites is 1. The van der Waals surface area contributed by atoms with Crippen molar-refractivity contribution in [3.63, 3.8) is 0 Å². The van der Waals surface area contributed by atoms with Crippen molar-refractivity contribution in [2.45, 2.75) is 19.4 Å². The highest BCUT2D eigenvalue weighted by molar-refractivity contribution is 5.56. The number of benzene rings is 1. The summed E-state index contributed by atoms with van der Waals surface area (Å²) in [5.74, 6) is 5.76. The number of aromatic nitrogens is 2. The van der Waals surface area contributed by atoms with Crippen molar-refractivity contribution < 1.29 is 5.11 Å². The first-order valence-electron chi connectivity index (χ1n) is 6.39. The minimum Gasteiger partial charge on any atom is -0.398 e. The number of nitrogens with two attached hydrogens (primary N) is 1. The second-order valence-electron chi connectivity index (χ2n) is 4.89. The molecule has 0 amide bonds. The molecule has 0 spiro atoms. The van der Waals surface area contributed by atoms with Crippen molar-refractivity contribution in [2.75, 3.05) is 5.73 Å². The normalized spacial score (nSPS) is 13.4. The molecule has 0 aliphatic heterocycles. The maximum atomic E-state index is 10.8. The molecule has 4 heteroatoms. The Morgan fingerprint density at radius 2 is 1.85 bits per heavy atom. The molecule has 1 aromatic heterocycles. The maximum absolute atomic E-state index is 10.8. The van der Waals surface area contributed by atoms with Crippen molar-refractivity contribution in [1.82, 2.24) is 9.97 Å². The van der Waals surface area contributed by atoms with E-state index in [4.69, 9.17) is 5.73 Å². The number of nitrogens with zero attached hydrogens (tertiary/aromatic N) is 2. The number of nitrogen functional groups attached to an aromatic ring is 1. The quantitative estimate of drug-likeness (QED) is 0.644. The van der Waals surface area contributed by atoms with Crippen LogP contribution in [0.25, 0.3) is 0 Å². The molecule has 2 aromatic rings. The molecule has 0 aliphatic rings. The van der Waals surface area contributed by atoms with Gasteiger partial charge in [0.25, 0.3) is 0 Å². The summed E-state index contributed by atoms with van der Waals surface area (Å²) in [5.41, 5.74) is 6.42. The van der Waals surface area contributed by atoms with E-state index in [1.165, 1.54) is 6.33 Å². The lowest BCUT2D eigenvalue weighted by atomic mass is 9.85. The van der Waals surface area contributed by atoms with Crippen LogP contribution in [0, 0.1) is 17.8 Å². The van der Waals surface area contributed by atoms with Gasteiger partial charge in [-0.05, 0) is 18.1 Å². The van der Waals surface area contributed by atoms with Gasteiger partial charge in [0.2, 0.25) is 0 Å². The molecule has 0 fully saturated rings. The molecule has 0 radical (unpaired) electrons. The lowest BCUT2D eigenvalue weighted by Crippen LogP contribution is -2.30. The Morgan fingerprint density at radius 1 is 1.20 bits per heavy atom. The first-order valence-corrected chi connectivity index (χ1v) is 6.39. The minimum absolute atomic E-state index is 0.106. The van der Waals surface area contributed by atoms with Gasteiger partial charge in [0.15, 0.2) is 5.60 Å². The van der Waals surface area contributed by atoms with Crippen LogP contribution in [0.2, 0.25) is 0 Å². The predicted molar refractivity (Wildman–Crippen MR) is 78.5 cm³/mol. The molecule has 2 rings (SSSR count). The fraction of sp³-hybridized carbons (Fsp3) is 0.250. The Labute approximate surface area is 118 Å². The third kappa shape index (κ3) is 2.79. The average Bonchev–Trinajstić information content (AvgIpc) is 2.47. The molecule has 0 aliphatic carbocycles. The Bertz CT molecular complexity index is 644. The largest absolute Gasteiger partial charge is 0.398 e. The summed E-state index contributed by atoms with van der Waals surface area (Å²) in [6, 6.07) is 7.31. The zero-order valence-electron chi connectivity index (χ0n) is 11.5. The molecule has 1 aromatic carbocycles. The SMILES string of the molecule is CC(C)C(O)(C#Cc1ccccc1N)c1cncnc1. The van der Waals surface area contributed by atoms with E-state index in [2.05, 4.69) is 21.8 Å². The van der Waals surface area contributed by atoms with Gasteiger partial charge in [0.1, 0.15) is 6.33 Å². The van der Waals surface area contributed by atoms with Gasteiger partial charge in [-0.3, -0.25) is 0 Å². The van der Waals surface area contributed by atoms with Gasteiger partial charge in [0.05, 0.1) is 0 Å². The number of rotatable bonds is 2. The molecular weight excluding hydrogens is 250 g/mol. The molecule has 1 unspecified atom stereocenters. The summed E-state index contributed by atoms with van der Waals surface area (Å²) in [6.07, 6.45) is 4.58. The number of anilines is 1. The van der Waals surface area contributed by atoms with Gasteiger partial charge in [-0.2, -0.15) is 0 Å². The second-order valence-corrected chi connectivity index (χ2v) is 4.89. The predicted octanol–water partition coefficient (Wildman–Crippen LogP) is 1.95. The van der Waals surface area contributed by atoms with Gasteiger partial charge in [0, 0.05) is 29.2 Å². The molecule has 0 bridgehead atoms. The van der Waals surface area contributed by atoms with E-state index < -0.39 is 5.60 Å². The zero-order chi connectivity index (χ0) is 14.6. The molecule has 1 heterocycles. The summed E-state index contributed by atoms with van der Waals surface area (Å²) in [5, 5.41) is 10.8. The van der Waals surface area contributed by atoms with E-state index in [1.54, 1.807) is 18.5 Å². The van der Waals surface area contributed by atoms with Crippen LogP contribution in [0.15, 0.2) is 43.0 Å². The molecule has 102 valence electrons. The number of hydrogen-bond donors (Lipinski definition) is 2. The van der Waals surface area contributed by atoms with Gasteiger partial charge in [-0.25, -0.2) is 9.97 Å². The summed E-state index contributed by atoms with van der Waals surface area (Å²) >= 11 is 0. The van der Waals surface area contributed by atoms with Crippen molar-refractivity contribution >= 4 is 5.69 Å². The van der Waals surface area contributed by atoms with Gasteiger partial charge >= 0.3 is 0 Å². The Balaban J connectivity index is 2.45. The maximum Gasteiger partial charge on any atom is 0.156 e. The van der Waals surface area contributed by atoms with Crippen LogP contribution in [0.4, 0.5) is 5.69 Å². The third-order valence-electron chi connectivity index (χ3n) is 3.18. The summed E-state index contributed by atoms with van der Waals surface area (Å²) in [7, 11) is 0. The standard InChI is InChI=1S/C16H17N3O/c1-12(2)16(20,14-9-18-11-19-10-14)8-7-13-5-3-4-6-15(13)17/h3-6,9-12,20H,17H2,1-2H3. The van der Waals surface area contributed by atoms with E-state index in [0.29, 0.717) is 16.8 Å². The van der Waals surface area contributed by atoms with E-state index in [1.807, 2.05) is 32.0 Å². The monoisotopic (exact) mass is 267 g/mol. The van der Waals surface area contributed by atoms with Gasteiger partial charge in [-0.15, -0.1) is 0 Å². The van der Waals surface area contributed by atoms with Crippen LogP contribution in [0.1, 0.15) is 25.0 Å². The first kappa shape index (κ1) is 14.0. The number of aliphatic hydroxyl groups is 1. The summed E-state index contributed by atoms with van der Waals surface area (Å²) in [6.45, 7) is 3.80. The van der Waals surface area contributed by atoms with Crippen LogP contribution in [0.3, 0.4) is 0 Å². The number of hydrogen-bond acceptors (Lipinski definition) is 4. The van der Waals surface area contributed by atoms with E-state index in [-0.39, 0.29) is 5.92 Å². The molecule has 1 atom stereocenters. The van der Waals surface area contributed by atoms with Crippen molar-refractivity contribution in [3.8, 4) is 11.8 Å². The molecule has 20 heavy (non-hydrogen) atoms. The van der Waals surface area contributed by atoms with Crippen LogP contribution in [-0.4, -0.2) is 15.1 Å². The lowest BCUT2D eigenvalue weighted by molar-refractivity contribution is 0.0496. The Kier molecular flexibility index (Phi) is 4.02. The fourth-order valence-corrected chi connectivity index (χ4v) is 1.82. The van der Waals surface area contributed by atoms with E-state index in [9.17, 15) is 5.11 Å². The lowest BCUT2D eigenvalue weighted by Gasteiger charge is -2.26. The first-order chi connectivity index (χ1) is 9.54. The van der Waals surface area contributed by atoms with Crippen molar-refractivity contribution in [2.24, 2.45) is 5.92 Å². The third-order valence-corrected chi connectivity index (χ3v) is 3.18. The van der Waals surface area contributed by atoms with Crippen LogP contribution < -0.4 is 5.73 Å². The van der Waals surface area contributed by atoms with Crippen molar-refractivity contribution in [3.05, 3.63) is 54.1 Å². The van der Waals surface area contributed by atoms with Gasteiger partial charge in [-0.1, -0.05) is 37.8 Å². The van der Waals surface area contributed by atoms with Gasteiger partial charge < -0.3 is 10.8 Å². The molecular formula is C16H17N3O. The fourth-order valence-electron chi connectivity index (χ4n) is 1.82. The molecule has 4 nitrogen and oxygen atoms in total. The Hall–Kier alpha value is -2.38. The highest BCUT2D eigenvalue weighted by Gasteiger charge is 2.31. The van der Waals surface area contributed by atoms with Crippen LogP contribution in [0.5, 0.6) is 0 Å². The topological polar surface area (TPSA) is 72.0 Å². The highest BCUT2D eigenvalue weighted by atomic mass is 16.3. The summed E-state index contributed by atoms with van der Waals surface area (Å²) < 4.78 is 0. The van der Waals surface area contributed by atoms with Crippen LogP contribution in [-0.2, 0) is 5.60 Å². The zero-order valence-corrected chi connectivity index (χ0v) is 11.5. The average molecular weight is 267 g/mol. The van der Waals surface area contributed by atoms with Crippen molar-refractivity contribution in [1.29, 1.82) is 0 Å². The van der Waals surface area contributed by atoms with E-state index in [0.717, 1.165) is 0 Å². The Morgan fingerprint density at radius 3 is 2.45 bits per heavy atom. The molecule has 3 N–H and O–H groups in total. The molecule has 0 saturated carbocycles. The molecule has 0 saturated heterocycles. The summed E-state index contributed by atoms with van der Waals surface area (Å²) in [4.78, 5) is 7.88. The highest BCUT2D eigenvalue weighted by Crippen LogP contribution is 2.28.